The van der Waals surface area contributed by atoms with Gasteiger partial charge in [0.15, 0.2) is 23.3 Å². The molecule has 1 heterocycles. The monoisotopic (exact) mass is 524 g/mol. The number of hydrogen-bond donors (Lipinski definition) is 2. The van der Waals surface area contributed by atoms with E-state index in [1.54, 1.807) is 30.3 Å². The maximum atomic E-state index is 12.5. The summed E-state index contributed by atoms with van der Waals surface area (Å²) in [5, 5.41) is 12.6. The van der Waals surface area contributed by atoms with Gasteiger partial charge in [0.25, 0.3) is 5.91 Å². The van der Waals surface area contributed by atoms with E-state index in [9.17, 15) is 9.59 Å². The topological polar surface area (TPSA) is 97.2 Å². The summed E-state index contributed by atoms with van der Waals surface area (Å²) in [7, 11) is 0. The van der Waals surface area contributed by atoms with E-state index in [2.05, 4.69) is 26.2 Å². The number of benzene rings is 2. The molecular formula is C21H18BrClN2O5S. The van der Waals surface area contributed by atoms with Crippen LogP contribution in [0.2, 0.25) is 5.02 Å². The van der Waals surface area contributed by atoms with Crippen LogP contribution in [0, 0.1) is 6.92 Å². The molecule has 162 valence electrons. The molecule has 1 amide bonds. The molecule has 1 fully saturated rings. The number of carboxylic acid groups (broad SMARTS) is 1. The van der Waals surface area contributed by atoms with Crippen molar-refractivity contribution in [2.75, 3.05) is 13.2 Å². The Morgan fingerprint density at radius 3 is 2.77 bits per heavy atom. The van der Waals surface area contributed by atoms with Crippen LogP contribution in [0.5, 0.6) is 11.5 Å². The normalized spacial score (nSPS) is 15.9. The lowest BCUT2D eigenvalue weighted by Gasteiger charge is -2.13. The SMILES string of the molecule is CCOc1cc(/C=C2/SC(=Nc3cccc(Cl)c3C)NC2=O)c(Br)cc1OCC(=O)O. The minimum atomic E-state index is -1.09. The van der Waals surface area contributed by atoms with Gasteiger partial charge in [-0.1, -0.05) is 33.6 Å². The van der Waals surface area contributed by atoms with Crippen LogP contribution in [-0.2, 0) is 9.59 Å². The van der Waals surface area contributed by atoms with E-state index < -0.39 is 12.6 Å². The third kappa shape index (κ3) is 5.81. The number of aliphatic carboxylic acids is 1. The van der Waals surface area contributed by atoms with Crippen LogP contribution in [0.25, 0.3) is 6.08 Å². The van der Waals surface area contributed by atoms with Gasteiger partial charge < -0.3 is 19.9 Å². The van der Waals surface area contributed by atoms with Crippen molar-refractivity contribution in [3.63, 3.8) is 0 Å². The number of nitrogens with zero attached hydrogens (tertiary/aromatic N) is 1. The molecule has 0 unspecified atom stereocenters. The Balaban J connectivity index is 1.89. The molecule has 1 aliphatic heterocycles. The molecule has 0 aromatic heterocycles. The first kappa shape index (κ1) is 23.2. The highest BCUT2D eigenvalue weighted by molar-refractivity contribution is 9.10. The van der Waals surface area contributed by atoms with Crippen LogP contribution >= 0.6 is 39.3 Å². The van der Waals surface area contributed by atoms with E-state index >= 15 is 0 Å². The number of amidine groups is 1. The van der Waals surface area contributed by atoms with Gasteiger partial charge in [-0.3, -0.25) is 4.79 Å². The number of carbonyl (C=O) groups excluding carboxylic acids is 1. The van der Waals surface area contributed by atoms with Gasteiger partial charge >= 0.3 is 5.97 Å². The molecule has 1 aliphatic rings. The largest absolute Gasteiger partial charge is 0.490 e. The minimum Gasteiger partial charge on any atom is -0.490 e. The number of nitrogens with one attached hydrogen (secondary N) is 1. The van der Waals surface area contributed by atoms with Crippen molar-refractivity contribution in [1.82, 2.24) is 5.32 Å². The molecule has 0 spiro atoms. The van der Waals surface area contributed by atoms with Crippen LogP contribution in [0.1, 0.15) is 18.1 Å². The molecule has 3 rings (SSSR count). The fourth-order valence-corrected chi connectivity index (χ4v) is 4.06. The Kier molecular flexibility index (Phi) is 7.64. The van der Waals surface area contributed by atoms with Gasteiger partial charge in [0, 0.05) is 9.50 Å². The average molecular weight is 526 g/mol. The molecule has 1 saturated heterocycles. The van der Waals surface area contributed by atoms with E-state index in [1.807, 2.05) is 19.9 Å². The average Bonchev–Trinajstić information content (AvgIpc) is 3.05. The van der Waals surface area contributed by atoms with Gasteiger partial charge in [-0.15, -0.1) is 0 Å². The fourth-order valence-electron chi connectivity index (χ4n) is 2.63. The van der Waals surface area contributed by atoms with Crippen LogP contribution in [-0.4, -0.2) is 35.4 Å². The zero-order valence-electron chi connectivity index (χ0n) is 16.6. The van der Waals surface area contributed by atoms with Gasteiger partial charge in [-0.25, -0.2) is 9.79 Å². The van der Waals surface area contributed by atoms with E-state index in [1.165, 1.54) is 11.8 Å². The first-order valence-corrected chi connectivity index (χ1v) is 11.1. The number of ether oxygens (including phenoxy) is 2. The van der Waals surface area contributed by atoms with Gasteiger partial charge in [0.05, 0.1) is 17.2 Å². The van der Waals surface area contributed by atoms with Crippen molar-refractivity contribution in [2.45, 2.75) is 13.8 Å². The summed E-state index contributed by atoms with van der Waals surface area (Å²) in [6.45, 7) is 3.54. The van der Waals surface area contributed by atoms with Crippen molar-refractivity contribution in [2.24, 2.45) is 4.99 Å². The van der Waals surface area contributed by atoms with Crippen molar-refractivity contribution in [1.29, 1.82) is 0 Å². The highest BCUT2D eigenvalue weighted by Gasteiger charge is 2.25. The third-order valence-corrected chi connectivity index (χ3v) is 6.12. The van der Waals surface area contributed by atoms with Gasteiger partial charge in [0.2, 0.25) is 0 Å². The number of aliphatic imine (C=N–C) groups is 1. The van der Waals surface area contributed by atoms with Crippen molar-refractivity contribution in [3.05, 3.63) is 55.9 Å². The first-order valence-electron chi connectivity index (χ1n) is 9.14. The molecule has 31 heavy (non-hydrogen) atoms. The number of carboxylic acids is 1. The molecule has 0 atom stereocenters. The summed E-state index contributed by atoms with van der Waals surface area (Å²) >= 11 is 10.8. The van der Waals surface area contributed by atoms with Crippen LogP contribution < -0.4 is 14.8 Å². The predicted molar refractivity (Wildman–Crippen MR) is 125 cm³/mol. The van der Waals surface area contributed by atoms with E-state index in [0.717, 1.165) is 5.56 Å². The van der Waals surface area contributed by atoms with Crippen LogP contribution in [0.15, 0.2) is 44.7 Å². The number of rotatable bonds is 7. The molecule has 10 heteroatoms. The van der Waals surface area contributed by atoms with E-state index in [0.29, 0.717) is 48.9 Å². The maximum Gasteiger partial charge on any atom is 0.341 e. The summed E-state index contributed by atoms with van der Waals surface area (Å²) in [5.74, 6) is -0.698. The Hall–Kier alpha value is -2.49. The second kappa shape index (κ2) is 10.2. The molecule has 0 aliphatic carbocycles. The number of hydrogen-bond acceptors (Lipinski definition) is 6. The van der Waals surface area contributed by atoms with Gasteiger partial charge in [-0.05, 0) is 67.1 Å². The lowest BCUT2D eigenvalue weighted by Crippen LogP contribution is -2.19. The summed E-state index contributed by atoms with van der Waals surface area (Å²) in [5.41, 5.74) is 2.17. The third-order valence-electron chi connectivity index (χ3n) is 4.11. The molecule has 0 bridgehead atoms. The van der Waals surface area contributed by atoms with Crippen molar-refractivity contribution in [3.8, 4) is 11.5 Å². The number of amides is 1. The van der Waals surface area contributed by atoms with E-state index in [-0.39, 0.29) is 5.91 Å². The molecule has 2 aromatic rings. The van der Waals surface area contributed by atoms with E-state index in [4.69, 9.17) is 26.2 Å². The first-order chi connectivity index (χ1) is 14.8. The molecule has 7 nitrogen and oxygen atoms in total. The summed E-state index contributed by atoms with van der Waals surface area (Å²) in [6, 6.07) is 8.70. The fraction of sp³-hybridized carbons (Fsp3) is 0.190. The van der Waals surface area contributed by atoms with Gasteiger partial charge in [0.1, 0.15) is 0 Å². The Morgan fingerprint density at radius 1 is 1.32 bits per heavy atom. The molecule has 2 aromatic carbocycles. The zero-order chi connectivity index (χ0) is 22.5. The number of carbonyl (C=O) groups is 2. The molecule has 0 saturated carbocycles. The highest BCUT2D eigenvalue weighted by Crippen LogP contribution is 2.37. The number of thioether (sulfide) groups is 1. The van der Waals surface area contributed by atoms with Crippen LogP contribution in [0.4, 0.5) is 5.69 Å². The second-order valence-electron chi connectivity index (χ2n) is 6.30. The lowest BCUT2D eigenvalue weighted by atomic mass is 10.2. The standard InChI is InChI=1S/C21H18BrClN2O5S/c1-3-29-16-7-12(13(22)9-17(16)30-10-19(26)27)8-18-20(28)25-21(31-18)24-15-6-4-5-14(23)11(15)2/h4-9H,3,10H2,1-2H3,(H,26,27)(H,24,25,28)/b18-8+. The quantitative estimate of drug-likeness (QED) is 0.485. The Morgan fingerprint density at radius 2 is 2.06 bits per heavy atom. The lowest BCUT2D eigenvalue weighted by molar-refractivity contribution is -0.139. The maximum absolute atomic E-state index is 12.5. The summed E-state index contributed by atoms with van der Waals surface area (Å²) < 4.78 is 11.5. The summed E-state index contributed by atoms with van der Waals surface area (Å²) in [6.07, 6.45) is 1.70. The zero-order valence-corrected chi connectivity index (χ0v) is 19.7. The van der Waals surface area contributed by atoms with Crippen molar-refractivity contribution < 1.29 is 24.2 Å². The van der Waals surface area contributed by atoms with Gasteiger partial charge in [-0.2, -0.15) is 0 Å². The van der Waals surface area contributed by atoms with Crippen molar-refractivity contribution >= 4 is 68.1 Å². The molecular weight excluding hydrogens is 508 g/mol. The second-order valence-corrected chi connectivity index (χ2v) is 8.59. The van der Waals surface area contributed by atoms with Crippen LogP contribution in [0.3, 0.4) is 0 Å². The minimum absolute atomic E-state index is 0.278. The summed E-state index contributed by atoms with van der Waals surface area (Å²) in [4.78, 5) is 28.2. The smallest absolute Gasteiger partial charge is 0.341 e. The molecule has 2 N–H and O–H groups in total. The Bertz CT molecular complexity index is 1100. The predicted octanol–water partition coefficient (Wildman–Crippen LogP) is 5.16. The Labute approximate surface area is 196 Å². The highest BCUT2D eigenvalue weighted by atomic mass is 79.9. The molecule has 0 radical (unpaired) electrons. The number of halogens is 2.